The number of benzene rings is 2. The Kier molecular flexibility index (Phi) is 5.79. The molecule has 0 amide bonds. The molecule has 2 aliphatic heterocycles. The van der Waals surface area contributed by atoms with Crippen LogP contribution in [0.1, 0.15) is 54.6 Å². The van der Waals surface area contributed by atoms with Gasteiger partial charge in [0.2, 0.25) is 0 Å². The Balaban J connectivity index is 1.12. The van der Waals surface area contributed by atoms with Crippen LogP contribution < -0.4 is 10.6 Å². The molecule has 6 rings (SSSR count). The van der Waals surface area contributed by atoms with Crippen LogP contribution in [0.5, 0.6) is 0 Å². The Morgan fingerprint density at radius 1 is 0.771 bits per heavy atom. The molecule has 1 fully saturated rings. The van der Waals surface area contributed by atoms with Crippen molar-refractivity contribution in [3.63, 3.8) is 0 Å². The number of nitrogens with one attached hydrogen (secondary N) is 4. The van der Waals surface area contributed by atoms with Crippen LogP contribution >= 0.6 is 0 Å². The van der Waals surface area contributed by atoms with Gasteiger partial charge in [-0.05, 0) is 61.7 Å². The van der Waals surface area contributed by atoms with Crippen molar-refractivity contribution >= 4 is 0 Å². The highest BCUT2D eigenvalue weighted by Gasteiger charge is 2.19. The van der Waals surface area contributed by atoms with Crippen molar-refractivity contribution in [2.24, 2.45) is 0 Å². The minimum absolute atomic E-state index is 0.167. The number of nitrogens with zero attached hydrogens (tertiary/aromatic N) is 2. The third-order valence-corrected chi connectivity index (χ3v) is 6.67. The van der Waals surface area contributed by atoms with Crippen molar-refractivity contribution in [1.29, 1.82) is 0 Å². The number of hydrogen-bond acceptors (Lipinski definition) is 4. The second-order valence-corrected chi connectivity index (χ2v) is 9.29. The van der Waals surface area contributed by atoms with Crippen LogP contribution in [0.15, 0.2) is 72.6 Å². The molecule has 2 aliphatic rings. The van der Waals surface area contributed by atoms with Crippen LogP contribution in [0.2, 0.25) is 0 Å². The smallest absolute Gasteiger partial charge is 0.127 e. The summed E-state index contributed by atoms with van der Waals surface area (Å²) in [6.07, 6.45) is 8.38. The van der Waals surface area contributed by atoms with Crippen LogP contribution in [0.4, 0.5) is 0 Å². The Morgan fingerprint density at radius 3 is 1.91 bits per heavy atom. The predicted molar refractivity (Wildman–Crippen MR) is 139 cm³/mol. The molecule has 35 heavy (non-hydrogen) atoms. The highest BCUT2D eigenvalue weighted by molar-refractivity contribution is 5.62. The fourth-order valence-corrected chi connectivity index (χ4v) is 4.68. The maximum atomic E-state index is 4.57. The van der Waals surface area contributed by atoms with Crippen LogP contribution in [0.25, 0.3) is 22.5 Å². The van der Waals surface area contributed by atoms with Gasteiger partial charge in [0.25, 0.3) is 0 Å². The summed E-state index contributed by atoms with van der Waals surface area (Å²) >= 11 is 0. The molecule has 6 nitrogen and oxygen atoms in total. The van der Waals surface area contributed by atoms with Crippen LogP contribution in [-0.2, 0) is 0 Å². The van der Waals surface area contributed by atoms with Gasteiger partial charge in [0.05, 0.1) is 35.9 Å². The Labute approximate surface area is 205 Å². The van der Waals surface area contributed by atoms with E-state index in [1.807, 2.05) is 12.4 Å². The second-order valence-electron chi connectivity index (χ2n) is 9.29. The van der Waals surface area contributed by atoms with Gasteiger partial charge in [0.1, 0.15) is 11.6 Å². The van der Waals surface area contributed by atoms with Crippen molar-refractivity contribution in [3.8, 4) is 34.4 Å². The summed E-state index contributed by atoms with van der Waals surface area (Å²) in [5, 5.41) is 6.93. The maximum Gasteiger partial charge on any atom is 0.127 e. The molecule has 4 N–H and O–H groups in total. The van der Waals surface area contributed by atoms with Gasteiger partial charge in [-0.25, -0.2) is 9.97 Å². The van der Waals surface area contributed by atoms with Gasteiger partial charge >= 0.3 is 0 Å². The van der Waals surface area contributed by atoms with E-state index in [0.29, 0.717) is 6.04 Å². The standard InChI is InChI=1S/C29H28N6/c1-19-15-25(31-16-19)29-33-18-27(35-29)23-12-8-21(9-13-23)5-4-20-6-10-22(11-7-20)26-17-32-28(34-26)24-3-2-14-30-24/h6-13,15,17-18,24-25,30-31H,2-3,14,16H2,1H3,(H,32,34)(H,33,35)/t24-,25-/m0/s1. The molecule has 2 atom stereocenters. The molecule has 174 valence electrons. The second kappa shape index (κ2) is 9.38. The van der Waals surface area contributed by atoms with Gasteiger partial charge in [0, 0.05) is 17.7 Å². The first-order valence-electron chi connectivity index (χ1n) is 12.2. The highest BCUT2D eigenvalue weighted by atomic mass is 15.0. The van der Waals surface area contributed by atoms with E-state index >= 15 is 0 Å². The van der Waals surface area contributed by atoms with E-state index in [9.17, 15) is 0 Å². The third kappa shape index (κ3) is 4.69. The van der Waals surface area contributed by atoms with Crippen molar-refractivity contribution < 1.29 is 0 Å². The SMILES string of the molecule is CC1=C[C@@H](c2ncc(-c3ccc(C#Cc4ccc(-c5cnc([C@@H]6CCCN6)[nH]5)cc4)cc3)[nH]2)NC1. The quantitative estimate of drug-likeness (QED) is 0.258. The molecule has 0 saturated carbocycles. The summed E-state index contributed by atoms with van der Waals surface area (Å²) < 4.78 is 0. The number of aromatic nitrogens is 4. The van der Waals surface area contributed by atoms with E-state index in [0.717, 1.165) is 64.8 Å². The highest BCUT2D eigenvalue weighted by Crippen LogP contribution is 2.25. The first kappa shape index (κ1) is 21.6. The minimum Gasteiger partial charge on any atom is -0.341 e. The zero-order chi connectivity index (χ0) is 23.6. The van der Waals surface area contributed by atoms with Gasteiger partial charge in [-0.3, -0.25) is 0 Å². The Hall–Kier alpha value is -3.92. The van der Waals surface area contributed by atoms with Crippen LogP contribution in [0.3, 0.4) is 0 Å². The number of aromatic amines is 2. The Bertz CT molecular complexity index is 1410. The molecule has 0 bridgehead atoms. The molecule has 2 aromatic heterocycles. The fourth-order valence-electron chi connectivity index (χ4n) is 4.68. The average molecular weight is 461 g/mol. The lowest BCUT2D eigenvalue weighted by Gasteiger charge is -2.05. The zero-order valence-electron chi connectivity index (χ0n) is 19.7. The fraction of sp³-hybridized carbons (Fsp3) is 0.241. The van der Waals surface area contributed by atoms with Gasteiger partial charge in [-0.1, -0.05) is 47.8 Å². The lowest BCUT2D eigenvalue weighted by Crippen LogP contribution is -2.15. The van der Waals surface area contributed by atoms with Gasteiger partial charge in [-0.2, -0.15) is 0 Å². The largest absolute Gasteiger partial charge is 0.341 e. The minimum atomic E-state index is 0.167. The molecule has 0 aliphatic carbocycles. The molecule has 1 saturated heterocycles. The molecule has 0 spiro atoms. The normalized spacial score (nSPS) is 19.4. The van der Waals surface area contributed by atoms with E-state index in [4.69, 9.17) is 0 Å². The number of rotatable bonds is 4. The van der Waals surface area contributed by atoms with Gasteiger partial charge in [-0.15, -0.1) is 0 Å². The van der Waals surface area contributed by atoms with Crippen molar-refractivity contribution in [2.45, 2.75) is 31.8 Å². The first-order valence-corrected chi connectivity index (χ1v) is 12.2. The lowest BCUT2D eigenvalue weighted by molar-refractivity contribution is 0.613. The van der Waals surface area contributed by atoms with Crippen molar-refractivity contribution in [2.75, 3.05) is 13.1 Å². The number of imidazole rings is 2. The third-order valence-electron chi connectivity index (χ3n) is 6.67. The van der Waals surface area contributed by atoms with E-state index in [-0.39, 0.29) is 6.04 Å². The number of H-pyrrole nitrogens is 2. The first-order chi connectivity index (χ1) is 17.2. The summed E-state index contributed by atoms with van der Waals surface area (Å²) in [4.78, 5) is 16.0. The Morgan fingerprint density at radius 2 is 1.37 bits per heavy atom. The van der Waals surface area contributed by atoms with E-state index < -0.39 is 0 Å². The summed E-state index contributed by atoms with van der Waals surface area (Å²) in [7, 11) is 0. The molecular weight excluding hydrogens is 432 g/mol. The molecular formula is C29H28N6. The molecule has 4 heterocycles. The summed E-state index contributed by atoms with van der Waals surface area (Å²) in [6.45, 7) is 4.12. The average Bonchev–Trinajstić information content (AvgIpc) is 3.70. The van der Waals surface area contributed by atoms with Gasteiger partial charge < -0.3 is 20.6 Å². The van der Waals surface area contributed by atoms with Gasteiger partial charge in [0.15, 0.2) is 0 Å². The molecule has 6 heteroatoms. The summed E-state index contributed by atoms with van der Waals surface area (Å²) in [5.41, 5.74) is 7.59. The van der Waals surface area contributed by atoms with Crippen LogP contribution in [0, 0.1) is 11.8 Å². The van der Waals surface area contributed by atoms with Crippen molar-refractivity contribution in [3.05, 3.63) is 95.3 Å². The monoisotopic (exact) mass is 460 g/mol. The van der Waals surface area contributed by atoms with E-state index in [1.54, 1.807) is 0 Å². The number of hydrogen-bond donors (Lipinski definition) is 4. The lowest BCUT2D eigenvalue weighted by atomic mass is 10.1. The maximum absolute atomic E-state index is 4.57. The van der Waals surface area contributed by atoms with Crippen molar-refractivity contribution in [1.82, 2.24) is 30.6 Å². The molecule has 2 aromatic carbocycles. The van der Waals surface area contributed by atoms with Crippen LogP contribution in [-0.4, -0.2) is 33.0 Å². The zero-order valence-corrected chi connectivity index (χ0v) is 19.7. The molecule has 0 unspecified atom stereocenters. The molecule has 4 aromatic rings. The van der Waals surface area contributed by atoms with E-state index in [2.05, 4.69) is 104 Å². The topological polar surface area (TPSA) is 81.4 Å². The molecule has 0 radical (unpaired) electrons. The van der Waals surface area contributed by atoms with E-state index in [1.165, 1.54) is 12.0 Å². The summed E-state index contributed by atoms with van der Waals surface area (Å²) in [5.74, 6) is 8.52. The predicted octanol–water partition coefficient (Wildman–Crippen LogP) is 4.88. The summed E-state index contributed by atoms with van der Waals surface area (Å²) in [6, 6.07) is 17.1.